The first-order chi connectivity index (χ1) is 8.45. The molecule has 0 bridgehead atoms. The molecule has 0 radical (unpaired) electrons. The van der Waals surface area contributed by atoms with Crippen LogP contribution >= 0.6 is 0 Å². The van der Waals surface area contributed by atoms with Gasteiger partial charge < -0.3 is 14.4 Å². The van der Waals surface area contributed by atoms with Gasteiger partial charge in [0.15, 0.2) is 0 Å². The van der Waals surface area contributed by atoms with Gasteiger partial charge in [-0.15, -0.1) is 0 Å². The highest BCUT2D eigenvalue weighted by Crippen LogP contribution is 2.20. The molecule has 0 N–H and O–H groups in total. The zero-order chi connectivity index (χ0) is 13.6. The molecule has 0 aromatic carbocycles. The molecular formula is C13H22N2O3. The smallest absolute Gasteiger partial charge is 0.435 e. The Morgan fingerprint density at radius 2 is 2.06 bits per heavy atom. The minimum atomic E-state index is -0.564. The van der Waals surface area contributed by atoms with Gasteiger partial charge >= 0.3 is 6.09 Å². The summed E-state index contributed by atoms with van der Waals surface area (Å²) >= 11 is 0. The van der Waals surface area contributed by atoms with Gasteiger partial charge in [0.25, 0.3) is 0 Å². The maximum absolute atomic E-state index is 11.6. The zero-order valence-electron chi connectivity index (χ0n) is 11.4. The highest BCUT2D eigenvalue weighted by Gasteiger charge is 2.27. The molecule has 0 atom stereocenters. The second kappa shape index (κ2) is 6.54. The van der Waals surface area contributed by atoms with Crippen molar-refractivity contribution >= 4 is 11.9 Å². The molecule has 1 amide bonds. The summed E-state index contributed by atoms with van der Waals surface area (Å²) in [6.45, 7) is 12.6. The Labute approximate surface area is 108 Å². The molecule has 0 unspecified atom stereocenters. The first-order valence-corrected chi connectivity index (χ1v) is 6.14. The van der Waals surface area contributed by atoms with Crippen LogP contribution < -0.4 is 0 Å². The topological polar surface area (TPSA) is 51.1 Å². The second-order valence-electron chi connectivity index (χ2n) is 5.15. The van der Waals surface area contributed by atoms with Gasteiger partial charge in [0.2, 0.25) is 0 Å². The summed E-state index contributed by atoms with van der Waals surface area (Å²) in [5.41, 5.74) is -0.204. The minimum absolute atomic E-state index is 0.183. The number of carbonyl (C=O) groups excluding carboxylic acids is 1. The Morgan fingerprint density at radius 3 is 2.56 bits per heavy atom. The fourth-order valence-electron chi connectivity index (χ4n) is 1.74. The van der Waals surface area contributed by atoms with Crippen LogP contribution in [0.15, 0.2) is 17.6 Å². The van der Waals surface area contributed by atoms with Crippen molar-refractivity contribution in [1.29, 1.82) is 0 Å². The van der Waals surface area contributed by atoms with E-state index in [1.807, 2.05) is 20.8 Å². The summed E-state index contributed by atoms with van der Waals surface area (Å²) in [5, 5.41) is 0. The molecule has 1 saturated heterocycles. The predicted octanol–water partition coefficient (Wildman–Crippen LogP) is 2.09. The van der Waals surface area contributed by atoms with E-state index in [-0.39, 0.29) is 12.0 Å². The van der Waals surface area contributed by atoms with Gasteiger partial charge in [-0.2, -0.15) is 4.99 Å². The van der Waals surface area contributed by atoms with Crippen molar-refractivity contribution in [3.05, 3.63) is 12.7 Å². The summed E-state index contributed by atoms with van der Waals surface area (Å²) in [5.74, 6) is 0.750. The van der Waals surface area contributed by atoms with Crippen LogP contribution in [0.2, 0.25) is 0 Å². The number of amides is 1. The van der Waals surface area contributed by atoms with Crippen LogP contribution in [0.5, 0.6) is 0 Å². The molecule has 0 aromatic rings. The van der Waals surface area contributed by atoms with Crippen molar-refractivity contribution in [1.82, 2.24) is 4.90 Å². The SMILES string of the molecule is C=CCOC(=O)N=C(N1CCOCC1)C(C)(C)C. The maximum Gasteiger partial charge on any atom is 0.435 e. The number of rotatable bonds is 2. The molecular weight excluding hydrogens is 232 g/mol. The normalized spacial score (nSPS) is 17.5. The van der Waals surface area contributed by atoms with Gasteiger partial charge in [-0.1, -0.05) is 33.4 Å². The monoisotopic (exact) mass is 254 g/mol. The van der Waals surface area contributed by atoms with E-state index >= 15 is 0 Å². The standard InChI is InChI=1S/C13H22N2O3/c1-5-8-18-12(16)14-11(13(2,3)4)15-6-9-17-10-7-15/h5H,1,6-10H2,2-4H3. The van der Waals surface area contributed by atoms with Crippen LogP contribution in [0.3, 0.4) is 0 Å². The lowest BCUT2D eigenvalue weighted by atomic mass is 9.93. The molecule has 5 heteroatoms. The third-order valence-electron chi connectivity index (χ3n) is 2.50. The second-order valence-corrected chi connectivity index (χ2v) is 5.15. The molecule has 5 nitrogen and oxygen atoms in total. The number of nitrogens with zero attached hydrogens (tertiary/aromatic N) is 2. The molecule has 0 aromatic heterocycles. The lowest BCUT2D eigenvalue weighted by Gasteiger charge is -2.35. The van der Waals surface area contributed by atoms with E-state index in [4.69, 9.17) is 9.47 Å². The summed E-state index contributed by atoms with van der Waals surface area (Å²) in [4.78, 5) is 17.8. The number of ether oxygens (including phenoxy) is 2. The summed E-state index contributed by atoms with van der Waals surface area (Å²) < 4.78 is 10.2. The number of amidine groups is 1. The molecule has 1 aliphatic heterocycles. The van der Waals surface area contributed by atoms with E-state index in [1.54, 1.807) is 0 Å². The molecule has 1 rings (SSSR count). The van der Waals surface area contributed by atoms with Gasteiger partial charge in [0.1, 0.15) is 12.4 Å². The Balaban J connectivity index is 2.80. The summed E-state index contributed by atoms with van der Waals surface area (Å²) in [6, 6.07) is 0. The first-order valence-electron chi connectivity index (χ1n) is 6.14. The highest BCUT2D eigenvalue weighted by atomic mass is 16.5. The number of hydrogen-bond acceptors (Lipinski definition) is 3. The zero-order valence-corrected chi connectivity index (χ0v) is 11.4. The predicted molar refractivity (Wildman–Crippen MR) is 70.8 cm³/mol. The molecule has 0 spiro atoms. The number of morpholine rings is 1. The average Bonchev–Trinajstić information content (AvgIpc) is 2.33. The minimum Gasteiger partial charge on any atom is -0.444 e. The van der Waals surface area contributed by atoms with Gasteiger partial charge in [-0.25, -0.2) is 4.79 Å². The van der Waals surface area contributed by atoms with Crippen LogP contribution in [0, 0.1) is 5.41 Å². The summed E-state index contributed by atoms with van der Waals surface area (Å²) in [7, 11) is 0. The van der Waals surface area contributed by atoms with Crippen molar-refractivity contribution in [3.63, 3.8) is 0 Å². The largest absolute Gasteiger partial charge is 0.444 e. The van der Waals surface area contributed by atoms with Gasteiger partial charge in [-0.3, -0.25) is 0 Å². The van der Waals surface area contributed by atoms with Gasteiger partial charge in [0, 0.05) is 18.5 Å². The third kappa shape index (κ3) is 4.49. The van der Waals surface area contributed by atoms with E-state index in [1.165, 1.54) is 6.08 Å². The fraction of sp³-hybridized carbons (Fsp3) is 0.692. The number of carbonyl (C=O) groups is 1. The maximum atomic E-state index is 11.6. The average molecular weight is 254 g/mol. The lowest BCUT2D eigenvalue weighted by molar-refractivity contribution is 0.0643. The molecule has 18 heavy (non-hydrogen) atoms. The molecule has 0 aliphatic carbocycles. The van der Waals surface area contributed by atoms with E-state index in [9.17, 15) is 4.79 Å². The van der Waals surface area contributed by atoms with Crippen LogP contribution in [0.4, 0.5) is 4.79 Å². The van der Waals surface area contributed by atoms with Gasteiger partial charge in [-0.05, 0) is 0 Å². The van der Waals surface area contributed by atoms with E-state index in [0.29, 0.717) is 13.2 Å². The van der Waals surface area contributed by atoms with Crippen molar-refractivity contribution in [3.8, 4) is 0 Å². The van der Waals surface area contributed by atoms with E-state index in [0.717, 1.165) is 18.9 Å². The van der Waals surface area contributed by atoms with Crippen molar-refractivity contribution in [2.75, 3.05) is 32.9 Å². The van der Waals surface area contributed by atoms with Crippen molar-refractivity contribution in [2.45, 2.75) is 20.8 Å². The highest BCUT2D eigenvalue weighted by molar-refractivity contribution is 5.95. The number of aliphatic imine (C=N–C) groups is 1. The molecule has 102 valence electrons. The van der Waals surface area contributed by atoms with E-state index < -0.39 is 6.09 Å². The molecule has 1 fully saturated rings. The lowest BCUT2D eigenvalue weighted by Crippen LogP contribution is -2.46. The Morgan fingerprint density at radius 1 is 1.44 bits per heavy atom. The first kappa shape index (κ1) is 14.7. The van der Waals surface area contributed by atoms with Gasteiger partial charge in [0.05, 0.1) is 13.2 Å². The van der Waals surface area contributed by atoms with Crippen LogP contribution in [-0.2, 0) is 9.47 Å². The van der Waals surface area contributed by atoms with E-state index in [2.05, 4.69) is 16.5 Å². The van der Waals surface area contributed by atoms with Crippen molar-refractivity contribution < 1.29 is 14.3 Å². The quantitative estimate of drug-likeness (QED) is 0.430. The molecule has 1 heterocycles. The van der Waals surface area contributed by atoms with Crippen LogP contribution in [-0.4, -0.2) is 49.7 Å². The third-order valence-corrected chi connectivity index (χ3v) is 2.50. The van der Waals surface area contributed by atoms with Crippen molar-refractivity contribution in [2.24, 2.45) is 10.4 Å². The Bertz CT molecular complexity index is 326. The number of hydrogen-bond donors (Lipinski definition) is 0. The Kier molecular flexibility index (Phi) is 5.34. The van der Waals surface area contributed by atoms with Crippen LogP contribution in [0.25, 0.3) is 0 Å². The molecule has 0 saturated carbocycles. The fourth-order valence-corrected chi connectivity index (χ4v) is 1.74. The van der Waals surface area contributed by atoms with Crippen LogP contribution in [0.1, 0.15) is 20.8 Å². The summed E-state index contributed by atoms with van der Waals surface area (Å²) in [6.07, 6.45) is 0.963. The molecule has 1 aliphatic rings. The Hall–Kier alpha value is -1.36.